The van der Waals surface area contributed by atoms with Crippen LogP contribution >= 0.6 is 0 Å². The van der Waals surface area contributed by atoms with Crippen molar-refractivity contribution in [3.63, 3.8) is 0 Å². The maximum atomic E-state index is 4.97. The van der Waals surface area contributed by atoms with Gasteiger partial charge in [-0.05, 0) is 12.8 Å². The molecule has 8 heavy (non-hydrogen) atoms. The summed E-state index contributed by atoms with van der Waals surface area (Å²) in [6, 6.07) is 1.30. The number of hydrogen-bond donors (Lipinski definition) is 0. The fourth-order valence-electron chi connectivity index (χ4n) is 0.831. The lowest BCUT2D eigenvalue weighted by atomic mass is 10.2. The molecule has 0 unspecified atom stereocenters. The van der Waals surface area contributed by atoms with Crippen molar-refractivity contribution in [1.82, 2.24) is 5.32 Å². The topological polar surface area (TPSA) is 23.3 Å². The van der Waals surface area contributed by atoms with Crippen LogP contribution in [0, 0.1) is 0 Å². The molecule has 1 saturated carbocycles. The summed E-state index contributed by atoms with van der Waals surface area (Å²) in [5.41, 5.74) is 0. The Morgan fingerprint density at radius 2 is 1.88 bits per heavy atom. The lowest BCUT2D eigenvalue weighted by molar-refractivity contribution is -0.00759. The van der Waals surface area contributed by atoms with Crippen LogP contribution < -0.4 is 5.32 Å². The molecule has 0 spiro atoms. The Hall–Kier alpha value is -0.0800. The van der Waals surface area contributed by atoms with Crippen molar-refractivity contribution in [3.05, 3.63) is 0 Å². The maximum absolute atomic E-state index is 4.97. The van der Waals surface area contributed by atoms with Gasteiger partial charge in [0.15, 0.2) is 0 Å². The van der Waals surface area contributed by atoms with Crippen LogP contribution in [-0.4, -0.2) is 25.3 Å². The van der Waals surface area contributed by atoms with Gasteiger partial charge in [0.2, 0.25) is 0 Å². The van der Waals surface area contributed by atoms with E-state index < -0.39 is 0 Å². The predicted octanol–water partition coefficient (Wildman–Crippen LogP) is 0.152. The zero-order chi connectivity index (χ0) is 5.40. The van der Waals surface area contributed by atoms with Crippen LogP contribution in [0.4, 0.5) is 0 Å². The Morgan fingerprint density at radius 1 is 1.12 bits per heavy atom. The summed E-state index contributed by atoms with van der Waals surface area (Å²) in [6.45, 7) is 1.77. The molecule has 0 aromatic rings. The minimum atomic E-state index is 0.572. The Labute approximate surface area is 49.2 Å². The quantitative estimate of drug-likeness (QED) is 0.499. The number of ether oxygens (including phenoxy) is 1. The molecule has 1 heterocycles. The number of hydrogen-bond acceptors (Lipinski definition) is 1. The molecule has 0 amide bonds. The van der Waals surface area contributed by atoms with E-state index in [9.17, 15) is 0 Å². The zero-order valence-electron chi connectivity index (χ0n) is 4.84. The van der Waals surface area contributed by atoms with E-state index in [1.807, 2.05) is 0 Å². The van der Waals surface area contributed by atoms with Gasteiger partial charge in [-0.3, -0.25) is 0 Å². The second-order valence-electron chi connectivity index (χ2n) is 2.57. The molecule has 2 aliphatic rings. The van der Waals surface area contributed by atoms with Crippen LogP contribution in [0.1, 0.15) is 12.8 Å². The molecule has 0 atom stereocenters. The van der Waals surface area contributed by atoms with Crippen molar-refractivity contribution in [2.45, 2.75) is 24.9 Å². The van der Waals surface area contributed by atoms with E-state index in [4.69, 9.17) is 4.74 Å². The summed E-state index contributed by atoms with van der Waals surface area (Å²) in [4.78, 5) is 0. The van der Waals surface area contributed by atoms with Gasteiger partial charge in [-0.15, -0.1) is 0 Å². The first-order valence-corrected chi connectivity index (χ1v) is 3.23. The molecule has 1 aliphatic heterocycles. The number of rotatable bonds is 2. The van der Waals surface area contributed by atoms with Crippen molar-refractivity contribution < 1.29 is 4.74 Å². The molecule has 2 nitrogen and oxygen atoms in total. The third kappa shape index (κ3) is 0.858. The predicted molar refractivity (Wildman–Crippen MR) is 29.8 cm³/mol. The highest BCUT2D eigenvalue weighted by atomic mass is 16.5. The van der Waals surface area contributed by atoms with Gasteiger partial charge in [0.1, 0.15) is 0 Å². The number of nitrogens with zero attached hydrogens (tertiary/aromatic N) is 1. The van der Waals surface area contributed by atoms with E-state index in [-0.39, 0.29) is 0 Å². The van der Waals surface area contributed by atoms with E-state index in [2.05, 4.69) is 5.32 Å². The van der Waals surface area contributed by atoms with Crippen LogP contribution in [-0.2, 0) is 4.74 Å². The van der Waals surface area contributed by atoms with Gasteiger partial charge in [0, 0.05) is 6.04 Å². The van der Waals surface area contributed by atoms with Crippen LogP contribution in [0.5, 0.6) is 0 Å². The molecule has 1 radical (unpaired) electrons. The van der Waals surface area contributed by atoms with Crippen molar-refractivity contribution >= 4 is 0 Å². The molecular weight excluding hydrogens is 102 g/mol. The van der Waals surface area contributed by atoms with Crippen molar-refractivity contribution in [2.75, 3.05) is 13.2 Å². The third-order valence-corrected chi connectivity index (χ3v) is 1.59. The molecule has 1 saturated heterocycles. The van der Waals surface area contributed by atoms with Gasteiger partial charge >= 0.3 is 0 Å². The monoisotopic (exact) mass is 112 g/mol. The first-order valence-electron chi connectivity index (χ1n) is 3.23. The van der Waals surface area contributed by atoms with Crippen molar-refractivity contribution in [2.24, 2.45) is 0 Å². The molecule has 0 bridgehead atoms. The van der Waals surface area contributed by atoms with E-state index in [0.29, 0.717) is 6.04 Å². The molecule has 0 aromatic heterocycles. The fraction of sp³-hybridized carbons (Fsp3) is 1.00. The van der Waals surface area contributed by atoms with Crippen LogP contribution in [0.2, 0.25) is 0 Å². The summed E-state index contributed by atoms with van der Waals surface area (Å²) in [6.07, 6.45) is 2.66. The van der Waals surface area contributed by atoms with E-state index in [1.54, 1.807) is 0 Å². The molecule has 0 aromatic carbocycles. The van der Waals surface area contributed by atoms with E-state index in [0.717, 1.165) is 19.3 Å². The highest BCUT2D eigenvalue weighted by Gasteiger charge is 2.29. The lowest BCUT2D eigenvalue weighted by Crippen LogP contribution is -2.42. The molecule has 0 N–H and O–H groups in total. The average molecular weight is 112 g/mol. The zero-order valence-corrected chi connectivity index (χ0v) is 4.84. The normalized spacial score (nSPS) is 30.0. The van der Waals surface area contributed by atoms with Crippen molar-refractivity contribution in [1.29, 1.82) is 0 Å². The van der Waals surface area contributed by atoms with Gasteiger partial charge < -0.3 is 4.74 Å². The fourth-order valence-corrected chi connectivity index (χ4v) is 0.831. The lowest BCUT2D eigenvalue weighted by Gasteiger charge is -2.25. The maximum Gasteiger partial charge on any atom is 0.0716 e. The molecule has 2 fully saturated rings. The molecule has 1 aliphatic carbocycles. The average Bonchev–Trinajstić information content (AvgIpc) is 2.36. The first kappa shape index (κ1) is 4.77. The smallest absolute Gasteiger partial charge is 0.0716 e. The van der Waals surface area contributed by atoms with E-state index in [1.165, 1.54) is 12.8 Å². The van der Waals surface area contributed by atoms with Gasteiger partial charge in [-0.2, -0.15) is 0 Å². The Bertz CT molecular complexity index is 86.5. The second kappa shape index (κ2) is 1.71. The minimum absolute atomic E-state index is 0.572. The molecular formula is C6H10NO. The summed E-state index contributed by atoms with van der Waals surface area (Å²) in [5, 5.41) is 4.47. The largest absolute Gasteiger partial charge is 0.378 e. The van der Waals surface area contributed by atoms with Crippen LogP contribution in [0.15, 0.2) is 0 Å². The summed E-state index contributed by atoms with van der Waals surface area (Å²) in [5.74, 6) is 0. The highest BCUT2D eigenvalue weighted by Crippen LogP contribution is 2.22. The van der Waals surface area contributed by atoms with Gasteiger partial charge in [0.05, 0.1) is 19.3 Å². The minimum Gasteiger partial charge on any atom is -0.378 e. The molecule has 45 valence electrons. The SMILES string of the molecule is C1CC1[N]C1COC1. The third-order valence-electron chi connectivity index (χ3n) is 1.59. The second-order valence-corrected chi connectivity index (χ2v) is 2.57. The standard InChI is InChI=1S/C6H10NO/c1-2-5(1)7-6-3-8-4-6/h5-6H,1-4H2. The van der Waals surface area contributed by atoms with Crippen LogP contribution in [0.25, 0.3) is 0 Å². The van der Waals surface area contributed by atoms with Crippen molar-refractivity contribution in [3.8, 4) is 0 Å². The first-order chi connectivity index (χ1) is 3.95. The summed E-state index contributed by atoms with van der Waals surface area (Å²) < 4.78 is 4.97. The van der Waals surface area contributed by atoms with Crippen LogP contribution in [0.3, 0.4) is 0 Å². The Kier molecular flexibility index (Phi) is 1.02. The summed E-state index contributed by atoms with van der Waals surface area (Å²) >= 11 is 0. The van der Waals surface area contributed by atoms with Gasteiger partial charge in [0.25, 0.3) is 0 Å². The Morgan fingerprint density at radius 3 is 2.25 bits per heavy atom. The highest BCUT2D eigenvalue weighted by molar-refractivity contribution is 4.86. The molecule has 2 heteroatoms. The molecule has 2 rings (SSSR count). The Balaban J connectivity index is 1.66. The van der Waals surface area contributed by atoms with Gasteiger partial charge in [-0.25, -0.2) is 5.32 Å². The van der Waals surface area contributed by atoms with Gasteiger partial charge in [-0.1, -0.05) is 0 Å². The van der Waals surface area contributed by atoms with E-state index >= 15 is 0 Å². The summed E-state index contributed by atoms with van der Waals surface area (Å²) in [7, 11) is 0.